The van der Waals surface area contributed by atoms with Gasteiger partial charge in [-0.25, -0.2) is 21.6 Å². The van der Waals surface area contributed by atoms with E-state index in [0.717, 1.165) is 6.92 Å². The highest BCUT2D eigenvalue weighted by molar-refractivity contribution is 7.90. The number of hydrogen-bond acceptors (Lipinski definition) is 3. The van der Waals surface area contributed by atoms with Crippen molar-refractivity contribution in [2.75, 3.05) is 6.26 Å². The molecule has 1 aromatic rings. The monoisotopic (exact) mass is 252 g/mol. The van der Waals surface area contributed by atoms with Crippen LogP contribution in [0.2, 0.25) is 0 Å². The van der Waals surface area contributed by atoms with Crippen molar-refractivity contribution in [1.29, 1.82) is 0 Å². The van der Waals surface area contributed by atoms with Crippen LogP contribution in [0.5, 0.6) is 0 Å². The van der Waals surface area contributed by atoms with Gasteiger partial charge in [-0.05, 0) is 13.0 Å². The molecular formula is C9H7F3O3S. The highest BCUT2D eigenvalue weighted by atomic mass is 32.2. The lowest BCUT2D eigenvalue weighted by Crippen LogP contribution is -2.10. The maximum absolute atomic E-state index is 13.2. The Morgan fingerprint density at radius 3 is 2.06 bits per heavy atom. The van der Waals surface area contributed by atoms with Gasteiger partial charge in [0.2, 0.25) is 0 Å². The smallest absolute Gasteiger partial charge is 0.181 e. The van der Waals surface area contributed by atoms with Gasteiger partial charge in [0, 0.05) is 6.26 Å². The second kappa shape index (κ2) is 3.89. The molecule has 88 valence electrons. The zero-order chi connectivity index (χ0) is 12.7. The highest BCUT2D eigenvalue weighted by Crippen LogP contribution is 2.24. The molecule has 0 saturated heterocycles. The molecule has 1 aromatic carbocycles. The summed E-state index contributed by atoms with van der Waals surface area (Å²) in [5.41, 5.74) is -0.817. The minimum Gasteiger partial charge on any atom is -0.294 e. The lowest BCUT2D eigenvalue weighted by atomic mass is 10.1. The molecule has 0 heterocycles. The van der Waals surface area contributed by atoms with E-state index in [1.165, 1.54) is 0 Å². The van der Waals surface area contributed by atoms with Gasteiger partial charge in [0.1, 0.15) is 10.7 Å². The average Bonchev–Trinajstić information content (AvgIpc) is 2.08. The van der Waals surface area contributed by atoms with Crippen LogP contribution in [0.4, 0.5) is 13.2 Å². The van der Waals surface area contributed by atoms with E-state index < -0.39 is 43.5 Å². The van der Waals surface area contributed by atoms with Gasteiger partial charge in [-0.2, -0.15) is 0 Å². The fourth-order valence-electron chi connectivity index (χ4n) is 1.17. The van der Waals surface area contributed by atoms with Crippen molar-refractivity contribution in [2.45, 2.75) is 11.8 Å². The number of carbonyl (C=O) groups excluding carboxylic acids is 1. The molecule has 0 aliphatic carbocycles. The fraction of sp³-hybridized carbons (Fsp3) is 0.222. The Labute approximate surface area is 89.8 Å². The quantitative estimate of drug-likeness (QED) is 0.594. The number of sulfone groups is 1. The van der Waals surface area contributed by atoms with Crippen LogP contribution in [-0.2, 0) is 9.84 Å². The Bertz CT molecular complexity index is 564. The number of hydrogen-bond donors (Lipinski definition) is 0. The van der Waals surface area contributed by atoms with Crippen LogP contribution in [0.15, 0.2) is 11.0 Å². The van der Waals surface area contributed by atoms with Gasteiger partial charge in [-0.15, -0.1) is 0 Å². The highest BCUT2D eigenvalue weighted by Gasteiger charge is 2.26. The lowest BCUT2D eigenvalue weighted by molar-refractivity contribution is 0.101. The maximum atomic E-state index is 13.2. The van der Waals surface area contributed by atoms with E-state index in [1.54, 1.807) is 0 Å². The van der Waals surface area contributed by atoms with E-state index in [-0.39, 0.29) is 0 Å². The molecule has 0 atom stereocenters. The van der Waals surface area contributed by atoms with E-state index in [4.69, 9.17) is 0 Å². The molecule has 0 aliphatic rings. The van der Waals surface area contributed by atoms with Crippen LogP contribution in [0.25, 0.3) is 0 Å². The van der Waals surface area contributed by atoms with E-state index >= 15 is 0 Å². The maximum Gasteiger partial charge on any atom is 0.181 e. The summed E-state index contributed by atoms with van der Waals surface area (Å²) in [6.07, 6.45) is 0.543. The largest absolute Gasteiger partial charge is 0.294 e. The predicted octanol–water partition coefficient (Wildman–Crippen LogP) is 1.71. The molecule has 1 rings (SSSR count). The number of Topliss-reactive ketones (excluding diaryl/α,β-unsaturated/α-hetero) is 1. The Hall–Kier alpha value is -1.37. The van der Waals surface area contributed by atoms with Crippen molar-refractivity contribution >= 4 is 15.6 Å². The van der Waals surface area contributed by atoms with Gasteiger partial charge in [-0.1, -0.05) is 0 Å². The first-order chi connectivity index (χ1) is 7.16. The molecule has 0 N–H and O–H groups in total. The van der Waals surface area contributed by atoms with Gasteiger partial charge < -0.3 is 0 Å². The zero-order valence-corrected chi connectivity index (χ0v) is 9.16. The molecular weight excluding hydrogens is 245 g/mol. The number of rotatable bonds is 2. The summed E-state index contributed by atoms with van der Waals surface area (Å²) in [6, 6.07) is 0.372. The van der Waals surface area contributed by atoms with Crippen molar-refractivity contribution in [3.63, 3.8) is 0 Å². The van der Waals surface area contributed by atoms with Crippen molar-refractivity contribution in [2.24, 2.45) is 0 Å². The van der Waals surface area contributed by atoms with Crippen molar-refractivity contribution < 1.29 is 26.4 Å². The number of carbonyl (C=O) groups is 1. The molecule has 3 nitrogen and oxygen atoms in total. The van der Waals surface area contributed by atoms with Crippen LogP contribution in [0.3, 0.4) is 0 Å². The molecule has 0 saturated carbocycles. The van der Waals surface area contributed by atoms with Gasteiger partial charge in [0.15, 0.2) is 27.3 Å². The van der Waals surface area contributed by atoms with Crippen LogP contribution in [0, 0.1) is 17.5 Å². The zero-order valence-electron chi connectivity index (χ0n) is 8.34. The lowest BCUT2D eigenvalue weighted by Gasteiger charge is -2.06. The SMILES string of the molecule is CC(=O)c1cc(F)c(S(C)(=O)=O)c(F)c1F. The van der Waals surface area contributed by atoms with Gasteiger partial charge in [-0.3, -0.25) is 4.79 Å². The molecule has 16 heavy (non-hydrogen) atoms. The molecule has 0 fully saturated rings. The first-order valence-corrected chi connectivity index (χ1v) is 5.94. The minimum absolute atomic E-state index is 0.372. The third-order valence-electron chi connectivity index (χ3n) is 1.87. The topological polar surface area (TPSA) is 51.2 Å². The molecule has 0 radical (unpaired) electrons. The summed E-state index contributed by atoms with van der Waals surface area (Å²) in [7, 11) is -4.23. The average molecular weight is 252 g/mol. The number of ketones is 1. The second-order valence-corrected chi connectivity index (χ2v) is 5.14. The summed E-state index contributed by atoms with van der Waals surface area (Å²) in [6.45, 7) is 0.914. The van der Waals surface area contributed by atoms with Crippen molar-refractivity contribution in [1.82, 2.24) is 0 Å². The van der Waals surface area contributed by atoms with Gasteiger partial charge in [0.25, 0.3) is 0 Å². The van der Waals surface area contributed by atoms with Crippen molar-refractivity contribution in [3.8, 4) is 0 Å². The normalized spacial score (nSPS) is 11.6. The summed E-state index contributed by atoms with van der Waals surface area (Å²) >= 11 is 0. The van der Waals surface area contributed by atoms with Crippen LogP contribution < -0.4 is 0 Å². The standard InChI is InChI=1S/C9H7F3O3S/c1-4(13)5-3-6(10)9(16(2,14)15)8(12)7(5)11/h3H,1-2H3. The molecule has 0 unspecified atom stereocenters. The molecule has 0 aromatic heterocycles. The molecule has 7 heteroatoms. The Kier molecular flexibility index (Phi) is 3.09. The second-order valence-electron chi connectivity index (χ2n) is 3.19. The first kappa shape index (κ1) is 12.7. The van der Waals surface area contributed by atoms with Crippen LogP contribution in [-0.4, -0.2) is 20.5 Å². The number of benzene rings is 1. The first-order valence-electron chi connectivity index (χ1n) is 4.04. The van der Waals surface area contributed by atoms with Gasteiger partial charge >= 0.3 is 0 Å². The predicted molar refractivity (Wildman–Crippen MR) is 49.4 cm³/mol. The molecule has 0 aliphatic heterocycles. The van der Waals surface area contributed by atoms with E-state index in [2.05, 4.69) is 0 Å². The fourth-order valence-corrected chi connectivity index (χ4v) is 2.00. The number of halogens is 3. The van der Waals surface area contributed by atoms with Gasteiger partial charge in [0.05, 0.1) is 5.56 Å². The summed E-state index contributed by atoms with van der Waals surface area (Å²) in [5, 5.41) is 0. The van der Waals surface area contributed by atoms with E-state index in [1.807, 2.05) is 0 Å². The Morgan fingerprint density at radius 2 is 1.69 bits per heavy atom. The minimum atomic E-state index is -4.23. The summed E-state index contributed by atoms with van der Waals surface area (Å²) in [5.74, 6) is -5.90. The summed E-state index contributed by atoms with van der Waals surface area (Å²) in [4.78, 5) is 9.44. The molecule has 0 spiro atoms. The van der Waals surface area contributed by atoms with Crippen molar-refractivity contribution in [3.05, 3.63) is 29.1 Å². The Balaban J connectivity index is 3.73. The third kappa shape index (κ3) is 2.08. The van der Waals surface area contributed by atoms with Crippen LogP contribution >= 0.6 is 0 Å². The molecule has 0 amide bonds. The van der Waals surface area contributed by atoms with E-state index in [0.29, 0.717) is 12.3 Å². The summed E-state index contributed by atoms with van der Waals surface area (Å²) < 4.78 is 61.6. The molecule has 0 bridgehead atoms. The van der Waals surface area contributed by atoms with E-state index in [9.17, 15) is 26.4 Å². The third-order valence-corrected chi connectivity index (χ3v) is 2.98. The van der Waals surface area contributed by atoms with Crippen LogP contribution in [0.1, 0.15) is 17.3 Å². The Morgan fingerprint density at radius 1 is 1.19 bits per heavy atom.